The molecule has 0 unspecified atom stereocenters. The van der Waals surface area contributed by atoms with E-state index in [-0.39, 0.29) is 0 Å². The van der Waals surface area contributed by atoms with Crippen LogP contribution in [0.4, 0.5) is 34.1 Å². The second kappa shape index (κ2) is 12.9. The van der Waals surface area contributed by atoms with Crippen molar-refractivity contribution in [2.24, 2.45) is 0 Å². The lowest BCUT2D eigenvalue weighted by Gasteiger charge is -2.27. The maximum Gasteiger partial charge on any atom is 0.0468 e. The van der Waals surface area contributed by atoms with Crippen molar-refractivity contribution in [3.8, 4) is 0 Å². The number of hydrogen-bond donors (Lipinski definition) is 0. The van der Waals surface area contributed by atoms with Gasteiger partial charge in [-0.15, -0.1) is 0 Å². The lowest BCUT2D eigenvalue weighted by molar-refractivity contribution is 1.28. The third-order valence-electron chi connectivity index (χ3n) is 10.9. The Labute approximate surface area is 315 Å². The smallest absolute Gasteiger partial charge is 0.0468 e. The van der Waals surface area contributed by atoms with Gasteiger partial charge >= 0.3 is 0 Å². The summed E-state index contributed by atoms with van der Waals surface area (Å²) < 4.78 is 0. The van der Waals surface area contributed by atoms with Gasteiger partial charge in [-0.05, 0) is 141 Å². The maximum absolute atomic E-state index is 2.39. The first-order chi connectivity index (χ1) is 26.6. The fraction of sp³-hybridized carbons (Fsp3) is 0.0385. The summed E-state index contributed by atoms with van der Waals surface area (Å²) in [5, 5.41) is 12.7. The minimum absolute atomic E-state index is 1.13. The molecule has 0 saturated heterocycles. The quantitative estimate of drug-likeness (QED) is 0.160. The summed E-state index contributed by atoms with van der Waals surface area (Å²) in [7, 11) is 0. The highest BCUT2D eigenvalue weighted by Crippen LogP contribution is 2.47. The average Bonchev–Trinajstić information content (AvgIpc) is 3.23. The Morgan fingerprint density at radius 2 is 0.537 bits per heavy atom. The van der Waals surface area contributed by atoms with Gasteiger partial charge in [0.1, 0.15) is 0 Å². The van der Waals surface area contributed by atoms with Crippen molar-refractivity contribution in [3.05, 3.63) is 205 Å². The fourth-order valence-corrected chi connectivity index (χ4v) is 8.36. The predicted molar refractivity (Wildman–Crippen MR) is 233 cm³/mol. The Morgan fingerprint density at radius 3 is 0.926 bits per heavy atom. The largest absolute Gasteiger partial charge is 0.310 e. The highest BCUT2D eigenvalue weighted by molar-refractivity contribution is 6.39. The zero-order chi connectivity index (χ0) is 36.2. The van der Waals surface area contributed by atoms with Gasteiger partial charge in [-0.25, -0.2) is 0 Å². The van der Waals surface area contributed by atoms with Crippen LogP contribution in [0, 0.1) is 13.8 Å². The Hall–Kier alpha value is -6.90. The van der Waals surface area contributed by atoms with E-state index >= 15 is 0 Å². The van der Waals surface area contributed by atoms with E-state index in [0.717, 1.165) is 34.1 Å². The maximum atomic E-state index is 2.39. The van der Waals surface area contributed by atoms with E-state index in [1.165, 1.54) is 65.0 Å². The van der Waals surface area contributed by atoms with Crippen LogP contribution < -0.4 is 9.80 Å². The number of hydrogen-bond acceptors (Lipinski definition) is 2. The molecule has 2 nitrogen and oxygen atoms in total. The number of aryl methyl sites for hydroxylation is 2. The minimum atomic E-state index is 1.13. The second-order valence-electron chi connectivity index (χ2n) is 14.3. The molecule has 0 radical (unpaired) electrons. The van der Waals surface area contributed by atoms with Gasteiger partial charge in [0.15, 0.2) is 0 Å². The second-order valence-corrected chi connectivity index (χ2v) is 14.3. The zero-order valence-corrected chi connectivity index (χ0v) is 30.4. The van der Waals surface area contributed by atoms with Crippen LogP contribution in [0.3, 0.4) is 0 Å². The lowest BCUT2D eigenvalue weighted by atomic mass is 9.87. The van der Waals surface area contributed by atoms with Crippen LogP contribution in [0.25, 0.3) is 53.9 Å². The molecule has 256 valence electrons. The molecule has 10 rings (SSSR count). The Morgan fingerprint density at radius 1 is 0.241 bits per heavy atom. The zero-order valence-electron chi connectivity index (χ0n) is 30.4. The SMILES string of the molecule is Cc1ccc(N(c2ccccc2)c2ccc3c(c2)c2ccccc2c2c4ccc(N(c5ccccc5)c5ccc(C)cc5)cc4c4ccccc4c32)cc1. The Bertz CT molecular complexity index is 2780. The molecular weight excluding hydrogens is 653 g/mol. The van der Waals surface area contributed by atoms with Crippen LogP contribution in [0.2, 0.25) is 0 Å². The molecular formula is C52H38N2. The summed E-state index contributed by atoms with van der Waals surface area (Å²) in [6.07, 6.45) is 0. The number of fused-ring (bicyclic) bond motifs is 11. The van der Waals surface area contributed by atoms with Crippen LogP contribution in [0.15, 0.2) is 194 Å². The number of benzene rings is 10. The van der Waals surface area contributed by atoms with Gasteiger partial charge in [-0.1, -0.05) is 132 Å². The van der Waals surface area contributed by atoms with Gasteiger partial charge in [0.25, 0.3) is 0 Å². The summed E-state index contributed by atoms with van der Waals surface area (Å²) in [5.74, 6) is 0. The highest BCUT2D eigenvalue weighted by Gasteiger charge is 2.20. The first-order valence-corrected chi connectivity index (χ1v) is 18.7. The lowest BCUT2D eigenvalue weighted by Crippen LogP contribution is -2.10. The van der Waals surface area contributed by atoms with Crippen LogP contribution in [-0.4, -0.2) is 0 Å². The number of rotatable bonds is 6. The molecule has 0 aliphatic rings. The molecule has 0 N–H and O–H groups in total. The molecule has 0 aliphatic carbocycles. The topological polar surface area (TPSA) is 6.48 Å². The summed E-state index contributed by atoms with van der Waals surface area (Å²) in [5.41, 5.74) is 9.30. The molecule has 2 heteroatoms. The van der Waals surface area contributed by atoms with Crippen LogP contribution in [0.1, 0.15) is 11.1 Å². The van der Waals surface area contributed by atoms with Gasteiger partial charge in [0.05, 0.1) is 0 Å². The number of para-hydroxylation sites is 2. The van der Waals surface area contributed by atoms with Crippen LogP contribution in [-0.2, 0) is 0 Å². The van der Waals surface area contributed by atoms with Crippen molar-refractivity contribution in [2.75, 3.05) is 9.80 Å². The third kappa shape index (κ3) is 5.26. The van der Waals surface area contributed by atoms with E-state index in [4.69, 9.17) is 0 Å². The van der Waals surface area contributed by atoms with Gasteiger partial charge < -0.3 is 9.80 Å². The molecule has 0 heterocycles. The van der Waals surface area contributed by atoms with E-state index in [2.05, 4.69) is 218 Å². The van der Waals surface area contributed by atoms with Crippen molar-refractivity contribution < 1.29 is 0 Å². The van der Waals surface area contributed by atoms with Crippen molar-refractivity contribution in [3.63, 3.8) is 0 Å². The molecule has 0 saturated carbocycles. The third-order valence-corrected chi connectivity index (χ3v) is 10.9. The first kappa shape index (κ1) is 31.8. The van der Waals surface area contributed by atoms with Crippen molar-refractivity contribution >= 4 is 88.0 Å². The van der Waals surface area contributed by atoms with Crippen molar-refractivity contribution in [2.45, 2.75) is 13.8 Å². The molecule has 10 aromatic carbocycles. The first-order valence-electron chi connectivity index (χ1n) is 18.7. The Balaban J connectivity index is 1.26. The molecule has 0 amide bonds. The van der Waals surface area contributed by atoms with E-state index in [1.54, 1.807) is 0 Å². The number of anilines is 6. The van der Waals surface area contributed by atoms with Crippen molar-refractivity contribution in [1.82, 2.24) is 0 Å². The van der Waals surface area contributed by atoms with Gasteiger partial charge in [0, 0.05) is 34.1 Å². The normalized spacial score (nSPS) is 11.5. The molecule has 0 aliphatic heterocycles. The van der Waals surface area contributed by atoms with Gasteiger partial charge in [0.2, 0.25) is 0 Å². The van der Waals surface area contributed by atoms with Gasteiger partial charge in [-0.2, -0.15) is 0 Å². The predicted octanol–water partition coefficient (Wildman–Crippen LogP) is 15.0. The standard InChI is InChI=1S/C52H38N2/c1-35-21-25-39(26-22-35)53(37-13-5-3-6-14-37)41-29-31-47-49(33-41)43-17-9-11-19-45(43)52-48-32-30-42(34-50(48)44-18-10-12-20-46(44)51(47)52)54(38-15-7-4-8-16-38)40-27-23-36(2)24-28-40/h3-34H,1-2H3. The molecule has 0 fully saturated rings. The van der Waals surface area contributed by atoms with Crippen LogP contribution in [0.5, 0.6) is 0 Å². The summed E-state index contributed by atoms with van der Waals surface area (Å²) in [6.45, 7) is 4.28. The highest BCUT2D eigenvalue weighted by atomic mass is 15.1. The van der Waals surface area contributed by atoms with E-state index in [0.29, 0.717) is 0 Å². The molecule has 10 aromatic rings. The fourth-order valence-electron chi connectivity index (χ4n) is 8.36. The average molecular weight is 691 g/mol. The summed E-state index contributed by atoms with van der Waals surface area (Å²) in [4.78, 5) is 4.73. The minimum Gasteiger partial charge on any atom is -0.310 e. The monoisotopic (exact) mass is 690 g/mol. The molecule has 0 aromatic heterocycles. The van der Waals surface area contributed by atoms with Gasteiger partial charge in [-0.3, -0.25) is 0 Å². The number of nitrogens with zero attached hydrogens (tertiary/aromatic N) is 2. The van der Waals surface area contributed by atoms with Crippen molar-refractivity contribution in [1.29, 1.82) is 0 Å². The molecule has 0 atom stereocenters. The van der Waals surface area contributed by atoms with Crippen LogP contribution >= 0.6 is 0 Å². The Kier molecular flexibility index (Phi) is 7.63. The molecule has 54 heavy (non-hydrogen) atoms. The van der Waals surface area contributed by atoms with E-state index in [9.17, 15) is 0 Å². The summed E-state index contributed by atoms with van der Waals surface area (Å²) >= 11 is 0. The molecule has 0 spiro atoms. The molecule has 0 bridgehead atoms. The summed E-state index contributed by atoms with van der Waals surface area (Å²) in [6, 6.07) is 71.0. The van der Waals surface area contributed by atoms with E-state index < -0.39 is 0 Å². The van der Waals surface area contributed by atoms with E-state index in [1.807, 2.05) is 0 Å².